The second kappa shape index (κ2) is 14.2. The zero-order chi connectivity index (χ0) is 31.3. The molecule has 2 aromatic heterocycles. The Morgan fingerprint density at radius 3 is 2.42 bits per heavy atom. The highest BCUT2D eigenvalue weighted by atomic mass is 16.5. The van der Waals surface area contributed by atoms with Crippen LogP contribution in [-0.4, -0.2) is 81.2 Å². The van der Waals surface area contributed by atoms with E-state index in [1.54, 1.807) is 0 Å². The van der Waals surface area contributed by atoms with Crippen molar-refractivity contribution in [2.45, 2.75) is 90.3 Å². The number of carbonyl (C=O) groups excluding carboxylic acids is 1. The number of ether oxygens (including phenoxy) is 1. The maximum atomic E-state index is 12.5. The van der Waals surface area contributed by atoms with E-state index < -0.39 is 5.41 Å². The summed E-state index contributed by atoms with van der Waals surface area (Å²) in [5, 5.41) is 3.77. The zero-order valence-electron chi connectivity index (χ0n) is 27.6. The van der Waals surface area contributed by atoms with Crippen LogP contribution in [0.15, 0.2) is 49.1 Å². The molecular formula is C36H53N7O2. The minimum Gasteiger partial charge on any atom is -0.465 e. The Hall–Kier alpha value is -3.01. The first-order valence-electron chi connectivity index (χ1n) is 17.3. The Labute approximate surface area is 269 Å². The van der Waals surface area contributed by atoms with Gasteiger partial charge in [-0.05, 0) is 94.1 Å². The lowest BCUT2D eigenvalue weighted by atomic mass is 9.77. The number of hydrogen-bond donors (Lipinski definition) is 2. The van der Waals surface area contributed by atoms with E-state index >= 15 is 0 Å². The van der Waals surface area contributed by atoms with Gasteiger partial charge in [-0.15, -0.1) is 0 Å². The maximum Gasteiger partial charge on any atom is 0.316 e. The number of aryl methyl sites for hydroxylation is 1. The van der Waals surface area contributed by atoms with E-state index in [0.29, 0.717) is 18.6 Å². The summed E-state index contributed by atoms with van der Waals surface area (Å²) in [6, 6.07) is 8.48. The summed E-state index contributed by atoms with van der Waals surface area (Å²) in [6.07, 6.45) is 15.4. The topological polar surface area (TPSA) is 91.3 Å². The van der Waals surface area contributed by atoms with E-state index in [9.17, 15) is 4.79 Å². The van der Waals surface area contributed by atoms with Crippen molar-refractivity contribution in [1.29, 1.82) is 0 Å². The Morgan fingerprint density at radius 2 is 1.76 bits per heavy atom. The molecule has 3 aliphatic rings. The predicted molar refractivity (Wildman–Crippen MR) is 177 cm³/mol. The lowest BCUT2D eigenvalue weighted by Gasteiger charge is -2.40. The van der Waals surface area contributed by atoms with Crippen LogP contribution >= 0.6 is 0 Å². The number of carbonyl (C=O) groups is 1. The van der Waals surface area contributed by atoms with Crippen LogP contribution in [0.2, 0.25) is 0 Å². The monoisotopic (exact) mass is 615 g/mol. The van der Waals surface area contributed by atoms with Crippen LogP contribution in [-0.2, 0) is 34.5 Å². The summed E-state index contributed by atoms with van der Waals surface area (Å²) >= 11 is 0. The van der Waals surface area contributed by atoms with Crippen LogP contribution < -0.4 is 5.32 Å². The molecule has 4 heterocycles. The lowest BCUT2D eigenvalue weighted by Crippen LogP contribution is -2.42. The second-order valence-electron chi connectivity index (χ2n) is 14.2. The van der Waals surface area contributed by atoms with Gasteiger partial charge in [-0.2, -0.15) is 0 Å². The number of likely N-dealkylation sites (tertiary alicyclic amines) is 2. The highest BCUT2D eigenvalue weighted by Gasteiger charge is 2.52. The molecule has 1 spiro atoms. The highest BCUT2D eigenvalue weighted by molar-refractivity contribution is 5.86. The molecule has 1 unspecified atom stereocenters. The van der Waals surface area contributed by atoms with Gasteiger partial charge in [-0.25, -0.2) is 9.97 Å². The Balaban J connectivity index is 1.03. The van der Waals surface area contributed by atoms with Crippen molar-refractivity contribution >= 4 is 5.97 Å². The van der Waals surface area contributed by atoms with Gasteiger partial charge in [0.2, 0.25) is 0 Å². The van der Waals surface area contributed by atoms with Crippen LogP contribution in [0.25, 0.3) is 0 Å². The molecule has 3 aromatic rings. The van der Waals surface area contributed by atoms with Crippen molar-refractivity contribution in [1.82, 2.24) is 34.6 Å². The van der Waals surface area contributed by atoms with Crippen LogP contribution in [0, 0.1) is 11.3 Å². The van der Waals surface area contributed by atoms with Gasteiger partial charge < -0.3 is 29.4 Å². The van der Waals surface area contributed by atoms with Crippen molar-refractivity contribution in [2.24, 2.45) is 11.3 Å². The first kappa shape index (κ1) is 32.0. The van der Waals surface area contributed by atoms with Gasteiger partial charge in [-0.1, -0.05) is 38.1 Å². The molecule has 2 N–H and O–H groups in total. The molecule has 9 nitrogen and oxygen atoms in total. The van der Waals surface area contributed by atoms with E-state index in [4.69, 9.17) is 9.72 Å². The molecule has 9 heteroatoms. The summed E-state index contributed by atoms with van der Waals surface area (Å²) in [7, 11) is 0. The third kappa shape index (κ3) is 7.69. The number of esters is 1. The number of piperidine rings is 1. The number of nitrogens with zero attached hydrogens (tertiary/aromatic N) is 5. The highest BCUT2D eigenvalue weighted by Crippen LogP contribution is 2.49. The molecule has 0 bridgehead atoms. The molecule has 1 aromatic carbocycles. The van der Waals surface area contributed by atoms with Crippen LogP contribution in [0.4, 0.5) is 0 Å². The lowest BCUT2D eigenvalue weighted by molar-refractivity contribution is -0.146. The molecule has 1 saturated carbocycles. The van der Waals surface area contributed by atoms with Crippen LogP contribution in [0.1, 0.15) is 88.1 Å². The summed E-state index contributed by atoms with van der Waals surface area (Å²) in [4.78, 5) is 30.6. The Kier molecular flexibility index (Phi) is 10.1. The predicted octanol–water partition coefficient (Wildman–Crippen LogP) is 5.11. The average molecular weight is 616 g/mol. The molecule has 0 amide bonds. The van der Waals surface area contributed by atoms with Crippen molar-refractivity contribution in [3.05, 3.63) is 71.8 Å². The van der Waals surface area contributed by atoms with Gasteiger partial charge >= 0.3 is 5.97 Å². The van der Waals surface area contributed by atoms with E-state index in [0.717, 1.165) is 61.9 Å². The number of rotatable bonds is 15. The number of aromatic nitrogens is 4. The first-order chi connectivity index (χ1) is 21.9. The second-order valence-corrected chi connectivity index (χ2v) is 14.2. The fourth-order valence-electron chi connectivity index (χ4n) is 7.68. The fourth-order valence-corrected chi connectivity index (χ4v) is 7.68. The van der Waals surface area contributed by atoms with E-state index in [1.165, 1.54) is 57.5 Å². The van der Waals surface area contributed by atoms with E-state index in [2.05, 4.69) is 74.0 Å². The number of nitrogens with one attached hydrogen (secondary N) is 2. The molecule has 244 valence electrons. The normalized spacial score (nSPS) is 20.2. The molecular weight excluding hydrogens is 562 g/mol. The van der Waals surface area contributed by atoms with Gasteiger partial charge in [-0.3, -0.25) is 4.79 Å². The Morgan fingerprint density at radius 1 is 1.00 bits per heavy atom. The fraction of sp³-hybridized carbons (Fsp3) is 0.639. The molecule has 3 fully saturated rings. The summed E-state index contributed by atoms with van der Waals surface area (Å²) in [6.45, 7) is 16.1. The third-order valence-corrected chi connectivity index (χ3v) is 10.4. The quantitative estimate of drug-likeness (QED) is 0.230. The van der Waals surface area contributed by atoms with Crippen LogP contribution in [0.3, 0.4) is 0 Å². The zero-order valence-corrected chi connectivity index (χ0v) is 27.6. The largest absolute Gasteiger partial charge is 0.465 e. The number of H-pyrrole nitrogens is 1. The number of benzene rings is 1. The molecule has 2 aliphatic heterocycles. The minimum atomic E-state index is -0.435. The smallest absolute Gasteiger partial charge is 0.316 e. The van der Waals surface area contributed by atoms with Gasteiger partial charge in [0.15, 0.2) is 0 Å². The molecule has 45 heavy (non-hydrogen) atoms. The summed E-state index contributed by atoms with van der Waals surface area (Å²) in [5.41, 5.74) is 2.35. The average Bonchev–Trinajstić information content (AvgIpc) is 3.32. The molecule has 6 rings (SSSR count). The summed E-state index contributed by atoms with van der Waals surface area (Å²) < 4.78 is 7.69. The summed E-state index contributed by atoms with van der Waals surface area (Å²) in [5.74, 6) is 2.67. The number of hydrogen-bond acceptors (Lipinski definition) is 7. The van der Waals surface area contributed by atoms with Crippen molar-refractivity contribution in [3.63, 3.8) is 0 Å². The van der Waals surface area contributed by atoms with Crippen molar-refractivity contribution in [3.8, 4) is 0 Å². The molecule has 1 aliphatic carbocycles. The maximum absolute atomic E-state index is 12.5. The third-order valence-electron chi connectivity index (χ3n) is 10.4. The molecule has 2 saturated heterocycles. The van der Waals surface area contributed by atoms with Crippen molar-refractivity contribution < 1.29 is 9.53 Å². The SMILES string of the molecule is CCOC(=O)C1(c2ccc(CNC(Cc3ncc[nH]3)c3nccn3CCCN3CCC4(CCN(CC(C)C)CC4)C3)cc2)CC1. The van der Waals surface area contributed by atoms with E-state index in [1.807, 2.05) is 25.5 Å². The van der Waals surface area contributed by atoms with E-state index in [-0.39, 0.29) is 12.0 Å². The number of aromatic amines is 1. The molecule has 0 radical (unpaired) electrons. The van der Waals surface area contributed by atoms with Gasteiger partial charge in [0.05, 0.1) is 18.1 Å². The van der Waals surface area contributed by atoms with Gasteiger partial charge in [0.1, 0.15) is 11.6 Å². The van der Waals surface area contributed by atoms with Crippen molar-refractivity contribution in [2.75, 3.05) is 45.9 Å². The van der Waals surface area contributed by atoms with Crippen LogP contribution in [0.5, 0.6) is 0 Å². The molecule has 1 atom stereocenters. The Bertz CT molecular complexity index is 1350. The van der Waals surface area contributed by atoms with Gasteiger partial charge in [0, 0.05) is 57.4 Å². The number of imidazole rings is 2. The minimum absolute atomic E-state index is 0.0196. The van der Waals surface area contributed by atoms with Gasteiger partial charge in [0.25, 0.3) is 0 Å². The standard InChI is InChI=1S/C36H53N7O2/c1-4-45-34(44)36(10-11-36)30-8-6-29(7-9-30)25-40-31(24-32-37-15-16-38-32)33-39-17-23-43(33)19-5-18-42-22-14-35(27-42)12-20-41(21-13-35)26-28(2)3/h6-9,15-17,23,28,31,40H,4-5,10-14,18-22,24-27H2,1-3H3,(H,37,38). The first-order valence-corrected chi connectivity index (χ1v) is 17.3.